The first-order chi connectivity index (χ1) is 4.33. The Kier molecular flexibility index (Phi) is 2.49. The third-order valence-electron chi connectivity index (χ3n) is 2.05. The largest absolute Gasteiger partial charge is 0.393 e. The monoisotopic (exact) mass is 129 g/mol. The normalized spacial score (nSPS) is 36.7. The second-order valence-electron chi connectivity index (χ2n) is 2.81. The molecule has 2 nitrogen and oxygen atoms in total. The van der Waals surface area contributed by atoms with Gasteiger partial charge in [0, 0.05) is 6.04 Å². The molecule has 54 valence electrons. The van der Waals surface area contributed by atoms with Crippen molar-refractivity contribution < 1.29 is 5.11 Å². The van der Waals surface area contributed by atoms with Crippen LogP contribution in [0.4, 0.5) is 0 Å². The van der Waals surface area contributed by atoms with Crippen molar-refractivity contribution in [2.45, 2.75) is 37.8 Å². The molecule has 0 aromatic heterocycles. The fraction of sp³-hybridized carbons (Fsp3) is 1.00. The van der Waals surface area contributed by atoms with Crippen molar-refractivity contribution in [3.63, 3.8) is 0 Å². The molecule has 0 saturated heterocycles. The highest BCUT2D eigenvalue weighted by atomic mass is 16.3. The van der Waals surface area contributed by atoms with Gasteiger partial charge >= 0.3 is 0 Å². The molecule has 0 aromatic carbocycles. The molecule has 2 N–H and O–H groups in total. The molecule has 0 heterocycles. The molecule has 0 bridgehead atoms. The Morgan fingerprint density at radius 1 is 1.44 bits per heavy atom. The second-order valence-corrected chi connectivity index (χ2v) is 2.81. The first-order valence-corrected chi connectivity index (χ1v) is 3.68. The summed E-state index contributed by atoms with van der Waals surface area (Å²) in [5.41, 5.74) is 0. The van der Waals surface area contributed by atoms with Crippen molar-refractivity contribution in [3.8, 4) is 0 Å². The number of hydrogen-bond donors (Lipinski definition) is 2. The molecule has 1 unspecified atom stereocenters. The van der Waals surface area contributed by atoms with E-state index in [1.807, 2.05) is 7.05 Å². The number of hydrogen-bond acceptors (Lipinski definition) is 2. The van der Waals surface area contributed by atoms with Crippen molar-refractivity contribution in [2.75, 3.05) is 7.05 Å². The Bertz CT molecular complexity index is 85.0. The summed E-state index contributed by atoms with van der Waals surface area (Å²) in [6.45, 7) is 0. The minimum absolute atomic E-state index is 0.0452. The van der Waals surface area contributed by atoms with Crippen LogP contribution in [-0.2, 0) is 0 Å². The average Bonchev–Trinajstić information content (AvgIpc) is 1.88. The first kappa shape index (κ1) is 7.03. The highest BCUT2D eigenvalue weighted by Crippen LogP contribution is 2.17. The fourth-order valence-corrected chi connectivity index (χ4v) is 1.43. The second kappa shape index (κ2) is 3.18. The number of aliphatic hydroxyl groups is 1. The van der Waals surface area contributed by atoms with Crippen LogP contribution in [0.15, 0.2) is 0 Å². The first-order valence-electron chi connectivity index (χ1n) is 3.68. The zero-order valence-corrected chi connectivity index (χ0v) is 5.93. The van der Waals surface area contributed by atoms with Gasteiger partial charge in [-0.2, -0.15) is 0 Å². The maximum atomic E-state index is 9.17. The predicted octanol–water partition coefficient (Wildman–Crippen LogP) is 0.509. The molecule has 0 radical (unpaired) electrons. The standard InChI is InChI=1S/C7H15NO/c1-8-6-3-2-4-7(9)5-6/h6-9H,2-5H2,1H3/t6?,7-/m0/s1. The summed E-state index contributed by atoms with van der Waals surface area (Å²) in [5.74, 6) is 0. The van der Waals surface area contributed by atoms with Gasteiger partial charge in [-0.25, -0.2) is 0 Å². The molecule has 0 aliphatic heterocycles. The van der Waals surface area contributed by atoms with Gasteiger partial charge in [0.1, 0.15) is 0 Å². The van der Waals surface area contributed by atoms with Gasteiger partial charge in [0.15, 0.2) is 0 Å². The molecule has 1 fully saturated rings. The van der Waals surface area contributed by atoms with Gasteiger partial charge < -0.3 is 10.4 Å². The number of rotatable bonds is 1. The molecular weight excluding hydrogens is 114 g/mol. The van der Waals surface area contributed by atoms with E-state index in [2.05, 4.69) is 5.32 Å². The van der Waals surface area contributed by atoms with Crippen molar-refractivity contribution >= 4 is 0 Å². The van der Waals surface area contributed by atoms with Crippen LogP contribution in [0.25, 0.3) is 0 Å². The van der Waals surface area contributed by atoms with E-state index in [0.717, 1.165) is 12.8 Å². The molecule has 1 aliphatic carbocycles. The zero-order chi connectivity index (χ0) is 6.69. The van der Waals surface area contributed by atoms with Crippen LogP contribution in [0.5, 0.6) is 0 Å². The lowest BCUT2D eigenvalue weighted by molar-refractivity contribution is 0.114. The summed E-state index contributed by atoms with van der Waals surface area (Å²) < 4.78 is 0. The van der Waals surface area contributed by atoms with Gasteiger partial charge in [0.05, 0.1) is 6.10 Å². The molecule has 0 aromatic rings. The van der Waals surface area contributed by atoms with Gasteiger partial charge in [0.25, 0.3) is 0 Å². The molecule has 1 rings (SSSR count). The van der Waals surface area contributed by atoms with Gasteiger partial charge in [0.2, 0.25) is 0 Å². The minimum atomic E-state index is -0.0452. The topological polar surface area (TPSA) is 32.3 Å². The van der Waals surface area contributed by atoms with Gasteiger partial charge in [-0.3, -0.25) is 0 Å². The maximum absolute atomic E-state index is 9.17. The fourth-order valence-electron chi connectivity index (χ4n) is 1.43. The summed E-state index contributed by atoms with van der Waals surface area (Å²) in [7, 11) is 1.96. The van der Waals surface area contributed by atoms with Crippen molar-refractivity contribution in [2.24, 2.45) is 0 Å². The Balaban J connectivity index is 2.23. The SMILES string of the molecule is CNC1CCC[C@H](O)C1. The van der Waals surface area contributed by atoms with Gasteiger partial charge in [-0.05, 0) is 32.7 Å². The molecule has 2 atom stereocenters. The molecule has 9 heavy (non-hydrogen) atoms. The van der Waals surface area contributed by atoms with E-state index in [9.17, 15) is 5.11 Å². The van der Waals surface area contributed by atoms with E-state index in [4.69, 9.17) is 0 Å². The predicted molar refractivity (Wildman–Crippen MR) is 37.3 cm³/mol. The molecule has 1 saturated carbocycles. The molecule has 1 aliphatic rings. The summed E-state index contributed by atoms with van der Waals surface area (Å²) >= 11 is 0. The van der Waals surface area contributed by atoms with Gasteiger partial charge in [-0.15, -0.1) is 0 Å². The Morgan fingerprint density at radius 3 is 2.67 bits per heavy atom. The zero-order valence-electron chi connectivity index (χ0n) is 5.93. The molecule has 0 spiro atoms. The van der Waals surface area contributed by atoms with Crippen molar-refractivity contribution in [1.29, 1.82) is 0 Å². The quantitative estimate of drug-likeness (QED) is 0.540. The van der Waals surface area contributed by atoms with E-state index >= 15 is 0 Å². The van der Waals surface area contributed by atoms with Crippen LogP contribution in [0.1, 0.15) is 25.7 Å². The Hall–Kier alpha value is -0.0800. The van der Waals surface area contributed by atoms with Crippen LogP contribution in [0.2, 0.25) is 0 Å². The van der Waals surface area contributed by atoms with E-state index < -0.39 is 0 Å². The third-order valence-corrected chi connectivity index (χ3v) is 2.05. The van der Waals surface area contributed by atoms with Gasteiger partial charge in [-0.1, -0.05) is 0 Å². The summed E-state index contributed by atoms with van der Waals surface area (Å²) in [6.07, 6.45) is 4.30. The van der Waals surface area contributed by atoms with Crippen molar-refractivity contribution in [3.05, 3.63) is 0 Å². The lowest BCUT2D eigenvalue weighted by atomic mass is 9.93. The number of nitrogens with one attached hydrogen (secondary N) is 1. The smallest absolute Gasteiger partial charge is 0.0555 e. The summed E-state index contributed by atoms with van der Waals surface area (Å²) in [5, 5.41) is 12.3. The van der Waals surface area contributed by atoms with E-state index in [-0.39, 0.29) is 6.10 Å². The Morgan fingerprint density at radius 2 is 2.22 bits per heavy atom. The lowest BCUT2D eigenvalue weighted by Crippen LogP contribution is -2.33. The van der Waals surface area contributed by atoms with Crippen LogP contribution in [-0.4, -0.2) is 24.3 Å². The van der Waals surface area contributed by atoms with Crippen molar-refractivity contribution in [1.82, 2.24) is 5.32 Å². The molecule has 2 heteroatoms. The third kappa shape index (κ3) is 1.95. The Labute approximate surface area is 56.3 Å². The highest BCUT2D eigenvalue weighted by Gasteiger charge is 2.17. The van der Waals surface area contributed by atoms with Crippen LogP contribution < -0.4 is 5.32 Å². The van der Waals surface area contributed by atoms with E-state index in [1.54, 1.807) is 0 Å². The molecule has 0 amide bonds. The summed E-state index contributed by atoms with van der Waals surface area (Å²) in [6, 6.07) is 0.564. The van der Waals surface area contributed by atoms with Crippen LogP contribution in [0.3, 0.4) is 0 Å². The minimum Gasteiger partial charge on any atom is -0.393 e. The maximum Gasteiger partial charge on any atom is 0.0555 e. The van der Waals surface area contributed by atoms with Crippen LogP contribution >= 0.6 is 0 Å². The average molecular weight is 129 g/mol. The highest BCUT2D eigenvalue weighted by molar-refractivity contribution is 4.75. The number of aliphatic hydroxyl groups excluding tert-OH is 1. The van der Waals surface area contributed by atoms with E-state index in [1.165, 1.54) is 12.8 Å². The summed E-state index contributed by atoms with van der Waals surface area (Å²) in [4.78, 5) is 0. The lowest BCUT2D eigenvalue weighted by Gasteiger charge is -2.24. The van der Waals surface area contributed by atoms with E-state index in [0.29, 0.717) is 6.04 Å². The molecular formula is C7H15NO. The van der Waals surface area contributed by atoms with Crippen LogP contribution in [0, 0.1) is 0 Å².